The fourth-order valence-corrected chi connectivity index (χ4v) is 3.72. The van der Waals surface area contributed by atoms with Crippen LogP contribution in [0.25, 0.3) is 0 Å². The van der Waals surface area contributed by atoms with Crippen molar-refractivity contribution >= 4 is 17.7 Å². The number of hydrogen-bond donors (Lipinski definition) is 2. The third-order valence-electron chi connectivity index (χ3n) is 5.88. The number of amides is 3. The van der Waals surface area contributed by atoms with Gasteiger partial charge in [-0.05, 0) is 56.4 Å². The van der Waals surface area contributed by atoms with Gasteiger partial charge in [-0.3, -0.25) is 25.2 Å². The zero-order chi connectivity index (χ0) is 23.1. The van der Waals surface area contributed by atoms with Gasteiger partial charge in [0, 0.05) is 13.1 Å². The van der Waals surface area contributed by atoms with E-state index in [2.05, 4.69) is 10.9 Å². The number of rotatable bonds is 6. The molecule has 1 aliphatic heterocycles. The maximum Gasteiger partial charge on any atom is 0.279 e. The molecule has 2 unspecified atom stereocenters. The summed E-state index contributed by atoms with van der Waals surface area (Å²) in [6.45, 7) is 6.54. The Hall–Kier alpha value is -3.35. The number of nitrogens with one attached hydrogen (secondary N) is 2. The van der Waals surface area contributed by atoms with Gasteiger partial charge < -0.3 is 9.64 Å². The first-order chi connectivity index (χ1) is 15.3. The topological polar surface area (TPSA) is 87.7 Å². The minimum atomic E-state index is -0.772. The fraction of sp³-hybridized carbons (Fsp3) is 0.400. The minimum absolute atomic E-state index is 0.00767. The summed E-state index contributed by atoms with van der Waals surface area (Å²) in [5.74, 6) is -0.451. The molecule has 2 aromatic rings. The zero-order valence-corrected chi connectivity index (χ0v) is 18.9. The molecule has 1 heterocycles. The smallest absolute Gasteiger partial charge is 0.279 e. The number of ether oxygens (including phenoxy) is 1. The van der Waals surface area contributed by atoms with Crippen LogP contribution in [-0.2, 0) is 20.8 Å². The maximum atomic E-state index is 12.6. The predicted octanol–water partition coefficient (Wildman–Crippen LogP) is 2.70. The second-order valence-corrected chi connectivity index (χ2v) is 8.28. The molecule has 0 saturated carbocycles. The molecule has 2 atom stereocenters. The molecule has 0 radical (unpaired) electrons. The number of nitrogens with zero attached hydrogens (tertiary/aromatic N) is 1. The van der Waals surface area contributed by atoms with Crippen molar-refractivity contribution in [2.75, 3.05) is 13.1 Å². The third kappa shape index (κ3) is 6.09. The molecule has 170 valence electrons. The van der Waals surface area contributed by atoms with Crippen LogP contribution in [0.4, 0.5) is 0 Å². The number of likely N-dealkylation sites (tertiary alicyclic amines) is 1. The molecular formula is C25H31N3O4. The van der Waals surface area contributed by atoms with E-state index in [1.54, 1.807) is 11.8 Å². The predicted molar refractivity (Wildman–Crippen MR) is 122 cm³/mol. The largest absolute Gasteiger partial charge is 0.481 e. The van der Waals surface area contributed by atoms with Crippen molar-refractivity contribution in [2.45, 2.75) is 46.1 Å². The summed E-state index contributed by atoms with van der Waals surface area (Å²) in [5, 5.41) is 0. The van der Waals surface area contributed by atoms with Gasteiger partial charge in [0.05, 0.1) is 12.3 Å². The highest BCUT2D eigenvalue weighted by Crippen LogP contribution is 2.22. The summed E-state index contributed by atoms with van der Waals surface area (Å²) >= 11 is 0. The van der Waals surface area contributed by atoms with E-state index in [1.807, 2.05) is 62.4 Å². The van der Waals surface area contributed by atoms with E-state index in [1.165, 1.54) is 0 Å². The Balaban J connectivity index is 1.47. The SMILES string of the molecule is Cc1cccc(OC(C)C(=O)NNC(=O)C2CCCN(C(=O)Cc3ccccc3)C2)c1C. The molecule has 3 rings (SSSR count). The Morgan fingerprint density at radius 1 is 1.06 bits per heavy atom. The third-order valence-corrected chi connectivity index (χ3v) is 5.88. The van der Waals surface area contributed by atoms with Gasteiger partial charge in [-0.1, -0.05) is 42.5 Å². The van der Waals surface area contributed by atoms with Gasteiger partial charge in [0.1, 0.15) is 5.75 Å². The molecule has 3 amide bonds. The second kappa shape index (κ2) is 10.8. The Kier molecular flexibility index (Phi) is 7.87. The Morgan fingerprint density at radius 3 is 2.56 bits per heavy atom. The molecule has 0 aromatic heterocycles. The van der Waals surface area contributed by atoms with Crippen LogP contribution in [0, 0.1) is 19.8 Å². The van der Waals surface area contributed by atoms with Crippen LogP contribution >= 0.6 is 0 Å². The molecule has 2 N–H and O–H groups in total. The lowest BCUT2D eigenvalue weighted by Gasteiger charge is -2.32. The fourth-order valence-electron chi connectivity index (χ4n) is 3.72. The lowest BCUT2D eigenvalue weighted by atomic mass is 9.97. The van der Waals surface area contributed by atoms with E-state index in [9.17, 15) is 14.4 Å². The Bertz CT molecular complexity index is 961. The van der Waals surface area contributed by atoms with Gasteiger partial charge in [-0.2, -0.15) is 0 Å². The molecule has 1 fully saturated rings. The average Bonchev–Trinajstić information content (AvgIpc) is 2.81. The van der Waals surface area contributed by atoms with Crippen LogP contribution in [-0.4, -0.2) is 41.8 Å². The molecule has 2 aromatic carbocycles. The van der Waals surface area contributed by atoms with Crippen molar-refractivity contribution in [1.29, 1.82) is 0 Å². The molecule has 0 aliphatic carbocycles. The molecule has 1 saturated heterocycles. The van der Waals surface area contributed by atoms with Gasteiger partial charge in [0.25, 0.3) is 5.91 Å². The monoisotopic (exact) mass is 437 g/mol. The lowest BCUT2D eigenvalue weighted by Crippen LogP contribution is -2.52. The second-order valence-electron chi connectivity index (χ2n) is 8.28. The van der Waals surface area contributed by atoms with Crippen molar-refractivity contribution < 1.29 is 19.1 Å². The van der Waals surface area contributed by atoms with E-state index in [0.717, 1.165) is 23.1 Å². The van der Waals surface area contributed by atoms with Gasteiger partial charge in [-0.15, -0.1) is 0 Å². The highest BCUT2D eigenvalue weighted by Gasteiger charge is 2.29. The van der Waals surface area contributed by atoms with Gasteiger partial charge >= 0.3 is 0 Å². The normalized spacial score (nSPS) is 16.7. The summed E-state index contributed by atoms with van der Waals surface area (Å²) in [7, 11) is 0. The molecule has 0 bridgehead atoms. The van der Waals surface area contributed by atoms with Crippen molar-refractivity contribution in [3.05, 3.63) is 65.2 Å². The van der Waals surface area contributed by atoms with E-state index < -0.39 is 12.0 Å². The summed E-state index contributed by atoms with van der Waals surface area (Å²) in [6, 6.07) is 15.2. The number of carbonyl (C=O) groups is 3. The van der Waals surface area contributed by atoms with E-state index >= 15 is 0 Å². The first-order valence-electron chi connectivity index (χ1n) is 11.0. The van der Waals surface area contributed by atoms with E-state index in [0.29, 0.717) is 31.7 Å². The molecule has 7 nitrogen and oxygen atoms in total. The van der Waals surface area contributed by atoms with Crippen molar-refractivity contribution in [3.8, 4) is 5.75 Å². The quantitative estimate of drug-likeness (QED) is 0.681. The van der Waals surface area contributed by atoms with Crippen molar-refractivity contribution in [1.82, 2.24) is 15.8 Å². The first kappa shape index (κ1) is 23.3. The summed E-state index contributed by atoms with van der Waals surface area (Å²) in [4.78, 5) is 39.4. The van der Waals surface area contributed by atoms with Crippen molar-refractivity contribution in [2.24, 2.45) is 5.92 Å². The van der Waals surface area contributed by atoms with Crippen LogP contribution < -0.4 is 15.6 Å². The molecular weight excluding hydrogens is 406 g/mol. The molecule has 32 heavy (non-hydrogen) atoms. The first-order valence-corrected chi connectivity index (χ1v) is 11.0. The minimum Gasteiger partial charge on any atom is -0.481 e. The molecule has 1 aliphatic rings. The Labute approximate surface area is 189 Å². The van der Waals surface area contributed by atoms with Crippen LogP contribution in [0.5, 0.6) is 5.75 Å². The lowest BCUT2D eigenvalue weighted by molar-refractivity contribution is -0.138. The van der Waals surface area contributed by atoms with Crippen LogP contribution in [0.2, 0.25) is 0 Å². The molecule has 7 heteroatoms. The van der Waals surface area contributed by atoms with Crippen molar-refractivity contribution in [3.63, 3.8) is 0 Å². The number of hydrogen-bond acceptors (Lipinski definition) is 4. The highest BCUT2D eigenvalue weighted by atomic mass is 16.5. The number of aryl methyl sites for hydroxylation is 1. The summed E-state index contributed by atoms with van der Waals surface area (Å²) in [6.07, 6.45) is 0.967. The molecule has 0 spiro atoms. The standard InChI is InChI=1S/C25H31N3O4/c1-17-9-7-13-22(18(17)2)32-19(3)24(30)26-27-25(31)21-12-8-14-28(16-21)23(29)15-20-10-5-4-6-11-20/h4-7,9-11,13,19,21H,8,12,14-16H2,1-3H3,(H,26,30)(H,27,31). The summed E-state index contributed by atoms with van der Waals surface area (Å²) < 4.78 is 5.75. The average molecular weight is 438 g/mol. The van der Waals surface area contributed by atoms with E-state index in [4.69, 9.17) is 4.74 Å². The number of piperidine rings is 1. The van der Waals surface area contributed by atoms with Crippen LogP contribution in [0.1, 0.15) is 36.5 Å². The Morgan fingerprint density at radius 2 is 1.81 bits per heavy atom. The van der Waals surface area contributed by atoms with Gasteiger partial charge in [0.15, 0.2) is 6.10 Å². The number of carbonyl (C=O) groups excluding carboxylic acids is 3. The number of benzene rings is 2. The van der Waals surface area contributed by atoms with Crippen LogP contribution in [0.3, 0.4) is 0 Å². The maximum absolute atomic E-state index is 12.6. The van der Waals surface area contributed by atoms with Gasteiger partial charge in [0.2, 0.25) is 11.8 Å². The van der Waals surface area contributed by atoms with Gasteiger partial charge in [-0.25, -0.2) is 0 Å². The van der Waals surface area contributed by atoms with E-state index in [-0.39, 0.29) is 17.7 Å². The van der Waals surface area contributed by atoms with Crippen LogP contribution in [0.15, 0.2) is 48.5 Å². The number of hydrazine groups is 1. The summed E-state index contributed by atoms with van der Waals surface area (Å²) in [5.41, 5.74) is 7.95. The zero-order valence-electron chi connectivity index (χ0n) is 18.9. The highest BCUT2D eigenvalue weighted by molar-refractivity contribution is 5.86.